The largest absolute Gasteiger partial charge is 0.466 e. The second-order valence-electron chi connectivity index (χ2n) is 10.1. The van der Waals surface area contributed by atoms with Gasteiger partial charge in [0.2, 0.25) is 0 Å². The lowest BCUT2D eigenvalue weighted by atomic mass is 9.91. The van der Waals surface area contributed by atoms with Crippen molar-refractivity contribution in [2.75, 3.05) is 21.8 Å². The van der Waals surface area contributed by atoms with Crippen molar-refractivity contribution in [3.8, 4) is 0 Å². The Balaban J connectivity index is 1.60. The summed E-state index contributed by atoms with van der Waals surface area (Å²) < 4.78 is 5.13. The van der Waals surface area contributed by atoms with Crippen molar-refractivity contribution in [3.05, 3.63) is 138 Å². The molecule has 2 aliphatic rings. The molecule has 0 radical (unpaired) electrons. The minimum absolute atomic E-state index is 0.181. The van der Waals surface area contributed by atoms with E-state index in [1.54, 1.807) is 6.08 Å². The monoisotopic (exact) mass is 545 g/mol. The Morgan fingerprint density at radius 1 is 0.775 bits per heavy atom. The van der Waals surface area contributed by atoms with Gasteiger partial charge in [-0.05, 0) is 35.4 Å². The Kier molecular flexibility index (Phi) is 6.86. The minimum Gasteiger partial charge on any atom is -0.466 e. The smallest absolute Gasteiger partial charge is 0.332 e. The van der Waals surface area contributed by atoms with Crippen molar-refractivity contribution < 1.29 is 9.53 Å². The number of carbonyl (C=O) groups is 1. The van der Waals surface area contributed by atoms with Crippen LogP contribution in [0.1, 0.15) is 18.1 Å². The predicted molar refractivity (Wildman–Crippen MR) is 165 cm³/mol. The molecule has 0 aliphatic carbocycles. The molecule has 5 nitrogen and oxygen atoms in total. The molecule has 6 heteroatoms. The van der Waals surface area contributed by atoms with E-state index in [9.17, 15) is 4.79 Å². The van der Waals surface area contributed by atoms with Gasteiger partial charge >= 0.3 is 5.97 Å². The van der Waals surface area contributed by atoms with Crippen molar-refractivity contribution in [1.82, 2.24) is 0 Å². The zero-order valence-electron chi connectivity index (χ0n) is 22.6. The zero-order chi connectivity index (χ0) is 27.7. The fourth-order valence-electron chi connectivity index (χ4n) is 6.15. The summed E-state index contributed by atoms with van der Waals surface area (Å²) in [6.07, 6.45) is 1.60. The van der Waals surface area contributed by atoms with Gasteiger partial charge in [-0.25, -0.2) is 4.79 Å². The van der Waals surface area contributed by atoms with E-state index < -0.39 is 11.6 Å². The summed E-state index contributed by atoms with van der Waals surface area (Å²) in [5.74, 6) is -0.582. The third-order valence-corrected chi connectivity index (χ3v) is 8.44. The molecule has 2 heterocycles. The van der Waals surface area contributed by atoms with E-state index in [0.29, 0.717) is 13.1 Å². The van der Waals surface area contributed by atoms with Gasteiger partial charge in [0, 0.05) is 36.5 Å². The molecule has 1 saturated heterocycles. The van der Waals surface area contributed by atoms with Gasteiger partial charge in [-0.1, -0.05) is 110 Å². The predicted octanol–water partition coefficient (Wildman–Crippen LogP) is 6.95. The van der Waals surface area contributed by atoms with Gasteiger partial charge in [0.05, 0.1) is 18.5 Å². The number of carbonyl (C=O) groups excluding carboxylic acids is 1. The maximum atomic E-state index is 12.8. The summed E-state index contributed by atoms with van der Waals surface area (Å²) in [6, 6.07) is 39.5. The van der Waals surface area contributed by atoms with Crippen LogP contribution in [0, 0.1) is 5.92 Å². The highest BCUT2D eigenvalue weighted by molar-refractivity contribution is 7.81. The van der Waals surface area contributed by atoms with E-state index in [-0.39, 0.29) is 5.92 Å². The summed E-state index contributed by atoms with van der Waals surface area (Å²) in [7, 11) is 1.41. The first-order valence-corrected chi connectivity index (χ1v) is 13.9. The molecule has 0 bridgehead atoms. The van der Waals surface area contributed by atoms with Crippen LogP contribution >= 0.6 is 12.2 Å². The average molecular weight is 546 g/mol. The highest BCUT2D eigenvalue weighted by atomic mass is 32.1. The van der Waals surface area contributed by atoms with Crippen LogP contribution in [0.3, 0.4) is 0 Å². The van der Waals surface area contributed by atoms with Gasteiger partial charge in [-0.15, -0.1) is 0 Å². The molecule has 1 spiro atoms. The molecule has 200 valence electrons. The maximum Gasteiger partial charge on any atom is 0.332 e. The third-order valence-electron chi connectivity index (χ3n) is 7.96. The summed E-state index contributed by atoms with van der Waals surface area (Å²) >= 11 is 6.52. The lowest BCUT2D eigenvalue weighted by Crippen LogP contribution is -2.64. The molecule has 0 aromatic heterocycles. The Morgan fingerprint density at radius 2 is 1.23 bits per heavy atom. The summed E-state index contributed by atoms with van der Waals surface area (Å²) in [6.45, 7) is 3.48. The highest BCUT2D eigenvalue weighted by Gasteiger charge is 2.63. The standard InChI is InChI=1S/C34H31N3O2S/c1-25-31(22-32(38)39-2)37(28-18-10-5-11-19-28)33(40)34(25)35(23-26-14-6-3-7-15-26)29-20-12-13-21-30(29)36(34)24-27-16-8-4-9-17-27/h3-22,25H,23-24H2,1-2H3/b31-22+. The molecule has 1 fully saturated rings. The fourth-order valence-corrected chi connectivity index (χ4v) is 6.76. The number of esters is 1. The van der Waals surface area contributed by atoms with Gasteiger partial charge in [-0.3, -0.25) is 0 Å². The van der Waals surface area contributed by atoms with Crippen LogP contribution in [0.4, 0.5) is 17.1 Å². The number of hydrogen-bond acceptors (Lipinski definition) is 5. The molecule has 4 aromatic carbocycles. The van der Waals surface area contributed by atoms with E-state index in [4.69, 9.17) is 17.0 Å². The second-order valence-corrected chi connectivity index (χ2v) is 10.5. The molecular weight excluding hydrogens is 514 g/mol. The number of rotatable bonds is 6. The molecule has 1 unspecified atom stereocenters. The first kappa shape index (κ1) is 25.8. The molecule has 1 atom stereocenters. The first-order chi connectivity index (χ1) is 19.6. The molecule has 2 aliphatic heterocycles. The fraction of sp³-hybridized carbons (Fsp3) is 0.176. The quantitative estimate of drug-likeness (QED) is 0.148. The Hall–Kier alpha value is -4.42. The molecule has 0 N–H and O–H groups in total. The third kappa shape index (κ3) is 4.16. The van der Waals surface area contributed by atoms with E-state index in [0.717, 1.165) is 27.7 Å². The molecule has 4 aromatic rings. The molecular formula is C34H31N3O2S. The molecule has 6 rings (SSSR count). The number of anilines is 3. The first-order valence-electron chi connectivity index (χ1n) is 13.5. The molecule has 0 amide bonds. The average Bonchev–Trinajstić information content (AvgIpc) is 3.39. The number of para-hydroxylation sites is 3. The second kappa shape index (κ2) is 10.6. The lowest BCUT2D eigenvalue weighted by molar-refractivity contribution is -0.134. The van der Waals surface area contributed by atoms with E-state index in [1.807, 2.05) is 42.5 Å². The number of fused-ring (bicyclic) bond motifs is 1. The van der Waals surface area contributed by atoms with Crippen LogP contribution in [0.15, 0.2) is 127 Å². The number of benzene rings is 4. The normalized spacial score (nSPS) is 18.4. The lowest BCUT2D eigenvalue weighted by Gasteiger charge is -2.46. The van der Waals surface area contributed by atoms with Crippen LogP contribution in [-0.4, -0.2) is 23.7 Å². The van der Waals surface area contributed by atoms with Gasteiger partial charge in [0.15, 0.2) is 5.66 Å². The van der Waals surface area contributed by atoms with Crippen molar-refractivity contribution in [2.45, 2.75) is 25.7 Å². The topological polar surface area (TPSA) is 36.0 Å². The van der Waals surface area contributed by atoms with Gasteiger partial charge < -0.3 is 19.4 Å². The van der Waals surface area contributed by atoms with E-state index in [1.165, 1.54) is 18.2 Å². The summed E-state index contributed by atoms with van der Waals surface area (Å²) in [4.78, 5) is 20.4. The Bertz CT molecular complexity index is 1490. The van der Waals surface area contributed by atoms with E-state index in [2.05, 4.69) is 94.4 Å². The number of ether oxygens (including phenoxy) is 1. The number of nitrogens with zero attached hydrogens (tertiary/aromatic N) is 3. The van der Waals surface area contributed by atoms with Crippen LogP contribution in [0.25, 0.3) is 0 Å². The van der Waals surface area contributed by atoms with Crippen LogP contribution in [-0.2, 0) is 22.6 Å². The molecule has 0 saturated carbocycles. The van der Waals surface area contributed by atoms with Crippen molar-refractivity contribution in [1.29, 1.82) is 0 Å². The SMILES string of the molecule is COC(=O)/C=C1\C(C)C2(C(=S)N1c1ccccc1)N(Cc1ccccc1)c1ccccc1N2Cc1ccccc1. The van der Waals surface area contributed by atoms with Gasteiger partial charge in [0.25, 0.3) is 0 Å². The van der Waals surface area contributed by atoms with Crippen molar-refractivity contribution in [2.24, 2.45) is 5.92 Å². The van der Waals surface area contributed by atoms with Crippen LogP contribution in [0.5, 0.6) is 0 Å². The number of hydrogen-bond donors (Lipinski definition) is 0. The summed E-state index contributed by atoms with van der Waals surface area (Å²) in [5.41, 5.74) is 5.57. The zero-order valence-corrected chi connectivity index (χ0v) is 23.4. The Labute approximate surface area is 240 Å². The number of thiocarbonyl (C=S) groups is 1. The maximum absolute atomic E-state index is 12.8. The molecule has 40 heavy (non-hydrogen) atoms. The van der Waals surface area contributed by atoms with Crippen LogP contribution in [0.2, 0.25) is 0 Å². The van der Waals surface area contributed by atoms with Crippen LogP contribution < -0.4 is 14.7 Å². The minimum atomic E-state index is -0.763. The summed E-state index contributed by atoms with van der Waals surface area (Å²) in [5, 5.41) is 0. The Morgan fingerprint density at radius 3 is 1.70 bits per heavy atom. The number of methoxy groups -OCH3 is 1. The van der Waals surface area contributed by atoms with Gasteiger partial charge in [0.1, 0.15) is 4.99 Å². The van der Waals surface area contributed by atoms with Gasteiger partial charge in [-0.2, -0.15) is 0 Å². The highest BCUT2D eigenvalue weighted by Crippen LogP contribution is 2.56. The van der Waals surface area contributed by atoms with Crippen molar-refractivity contribution in [3.63, 3.8) is 0 Å². The van der Waals surface area contributed by atoms with E-state index >= 15 is 0 Å². The van der Waals surface area contributed by atoms with Crippen molar-refractivity contribution >= 4 is 40.2 Å².